The molecule has 6 nitrogen and oxygen atoms in total. The summed E-state index contributed by atoms with van der Waals surface area (Å²) in [6, 6.07) is 7.22. The molecular formula is C20H28N4O2. The highest BCUT2D eigenvalue weighted by atomic mass is 16.5. The lowest BCUT2D eigenvalue weighted by Gasteiger charge is -2.34. The molecule has 1 aromatic carbocycles. The zero-order chi connectivity index (χ0) is 18.8. The molecule has 1 aliphatic heterocycles. The third-order valence-electron chi connectivity index (χ3n) is 4.16. The fourth-order valence-electron chi connectivity index (χ4n) is 2.93. The van der Waals surface area contributed by atoms with Gasteiger partial charge in [0.05, 0.1) is 6.10 Å². The van der Waals surface area contributed by atoms with E-state index in [1.54, 1.807) is 6.07 Å². The number of likely N-dealkylation sites (tertiary alicyclic amines) is 1. The summed E-state index contributed by atoms with van der Waals surface area (Å²) < 4.78 is 5.69. The molecule has 0 radical (unpaired) electrons. The highest BCUT2D eigenvalue weighted by Crippen LogP contribution is 2.14. The lowest BCUT2D eigenvalue weighted by molar-refractivity contribution is -0.114. The van der Waals surface area contributed by atoms with Crippen LogP contribution in [0, 0.1) is 12.3 Å². The molecule has 0 atom stereocenters. The Balaban J connectivity index is 1.91. The number of terminal acetylenes is 1. The molecule has 0 aliphatic carbocycles. The van der Waals surface area contributed by atoms with Gasteiger partial charge < -0.3 is 20.3 Å². The number of nitrogens with zero attached hydrogens (tertiary/aromatic N) is 2. The fourth-order valence-corrected chi connectivity index (χ4v) is 2.93. The van der Waals surface area contributed by atoms with Crippen LogP contribution in [0.1, 0.15) is 32.3 Å². The van der Waals surface area contributed by atoms with E-state index in [9.17, 15) is 4.79 Å². The number of carbonyl (C=O) groups excluding carboxylic acids is 1. The van der Waals surface area contributed by atoms with E-state index in [-0.39, 0.29) is 12.5 Å². The molecule has 26 heavy (non-hydrogen) atoms. The van der Waals surface area contributed by atoms with E-state index in [4.69, 9.17) is 11.2 Å². The first-order valence-corrected chi connectivity index (χ1v) is 9.17. The summed E-state index contributed by atoms with van der Waals surface area (Å²) in [5.41, 5.74) is 1.42. The van der Waals surface area contributed by atoms with Crippen LogP contribution >= 0.6 is 0 Å². The minimum Gasteiger partial charge on any atom is -0.378 e. The van der Waals surface area contributed by atoms with E-state index in [1.807, 2.05) is 32.0 Å². The predicted octanol–water partition coefficient (Wildman–Crippen LogP) is 2.07. The Morgan fingerprint density at radius 3 is 2.81 bits per heavy atom. The lowest BCUT2D eigenvalue weighted by Crippen LogP contribution is -2.47. The van der Waals surface area contributed by atoms with Gasteiger partial charge in [-0.05, 0) is 44.9 Å². The van der Waals surface area contributed by atoms with Gasteiger partial charge in [-0.3, -0.25) is 4.79 Å². The number of hydrogen-bond acceptors (Lipinski definition) is 3. The van der Waals surface area contributed by atoms with Gasteiger partial charge in [-0.2, -0.15) is 0 Å². The van der Waals surface area contributed by atoms with Crippen molar-refractivity contribution in [2.24, 2.45) is 4.99 Å². The minimum absolute atomic E-state index is 0.0635. The minimum atomic E-state index is -0.168. The molecule has 0 spiro atoms. The van der Waals surface area contributed by atoms with E-state index in [0.717, 1.165) is 50.6 Å². The Morgan fingerprint density at radius 2 is 2.15 bits per heavy atom. The van der Waals surface area contributed by atoms with Gasteiger partial charge in [0.25, 0.3) is 0 Å². The SMILES string of the molecule is C#Cc1cccc(NC(=O)CN=C(NCC)N2CCC(OCC)CC2)c1. The number of amides is 1. The zero-order valence-corrected chi connectivity index (χ0v) is 15.6. The summed E-state index contributed by atoms with van der Waals surface area (Å²) in [6.07, 6.45) is 7.66. The van der Waals surface area contributed by atoms with E-state index >= 15 is 0 Å². The molecule has 1 fully saturated rings. The van der Waals surface area contributed by atoms with Gasteiger partial charge in [0, 0.05) is 37.5 Å². The quantitative estimate of drug-likeness (QED) is 0.465. The topological polar surface area (TPSA) is 66.0 Å². The zero-order valence-electron chi connectivity index (χ0n) is 15.6. The summed E-state index contributed by atoms with van der Waals surface area (Å²) in [5, 5.41) is 6.10. The van der Waals surface area contributed by atoms with Crippen LogP contribution in [-0.2, 0) is 9.53 Å². The molecule has 0 bridgehead atoms. The van der Waals surface area contributed by atoms with Crippen LogP contribution in [0.3, 0.4) is 0 Å². The van der Waals surface area contributed by atoms with Crippen LogP contribution in [-0.4, -0.2) is 55.7 Å². The Hall–Kier alpha value is -2.52. The van der Waals surface area contributed by atoms with Crippen molar-refractivity contribution < 1.29 is 9.53 Å². The summed E-state index contributed by atoms with van der Waals surface area (Å²) in [6.45, 7) is 7.37. The van der Waals surface area contributed by atoms with Crippen molar-refractivity contribution in [3.63, 3.8) is 0 Å². The number of anilines is 1. The van der Waals surface area contributed by atoms with Crippen molar-refractivity contribution in [1.82, 2.24) is 10.2 Å². The molecular weight excluding hydrogens is 328 g/mol. The Kier molecular flexibility index (Phi) is 7.97. The Morgan fingerprint density at radius 1 is 1.38 bits per heavy atom. The molecule has 1 aromatic rings. The van der Waals surface area contributed by atoms with Crippen LogP contribution in [0.4, 0.5) is 5.69 Å². The number of carbonyl (C=O) groups is 1. The smallest absolute Gasteiger partial charge is 0.246 e. The van der Waals surface area contributed by atoms with Crippen LogP contribution in [0.5, 0.6) is 0 Å². The monoisotopic (exact) mass is 356 g/mol. The molecule has 2 N–H and O–H groups in total. The van der Waals surface area contributed by atoms with Crippen molar-refractivity contribution >= 4 is 17.6 Å². The average molecular weight is 356 g/mol. The maximum atomic E-state index is 12.2. The van der Waals surface area contributed by atoms with E-state index in [2.05, 4.69) is 26.4 Å². The highest BCUT2D eigenvalue weighted by molar-refractivity contribution is 5.94. The largest absolute Gasteiger partial charge is 0.378 e. The Bertz CT molecular complexity index is 658. The first-order valence-electron chi connectivity index (χ1n) is 9.17. The molecule has 1 amide bonds. The number of benzene rings is 1. The van der Waals surface area contributed by atoms with E-state index < -0.39 is 0 Å². The van der Waals surface area contributed by atoms with Crippen molar-refractivity contribution in [3.8, 4) is 12.3 Å². The maximum Gasteiger partial charge on any atom is 0.246 e. The van der Waals surface area contributed by atoms with Crippen LogP contribution in [0.15, 0.2) is 29.3 Å². The van der Waals surface area contributed by atoms with Gasteiger partial charge in [-0.15, -0.1) is 6.42 Å². The predicted molar refractivity (Wildman–Crippen MR) is 105 cm³/mol. The van der Waals surface area contributed by atoms with Crippen LogP contribution in [0.2, 0.25) is 0 Å². The second-order valence-corrected chi connectivity index (χ2v) is 6.09. The molecule has 2 rings (SSSR count). The average Bonchev–Trinajstić information content (AvgIpc) is 2.66. The fraction of sp³-hybridized carbons (Fsp3) is 0.500. The van der Waals surface area contributed by atoms with E-state index in [1.165, 1.54) is 0 Å². The standard InChI is InChI=1S/C20H28N4O2/c1-4-16-8-7-9-17(14-16)23-19(25)15-22-20(21-5-2)24-12-10-18(11-13-24)26-6-3/h1,7-9,14,18H,5-6,10-13,15H2,2-3H3,(H,21,22)(H,23,25). The van der Waals surface area contributed by atoms with Gasteiger partial charge in [0.2, 0.25) is 5.91 Å². The number of guanidine groups is 1. The van der Waals surface area contributed by atoms with Crippen LogP contribution in [0.25, 0.3) is 0 Å². The number of piperidine rings is 1. The summed E-state index contributed by atoms with van der Waals surface area (Å²) in [7, 11) is 0. The first-order chi connectivity index (χ1) is 12.7. The molecule has 6 heteroatoms. The number of rotatable bonds is 6. The van der Waals surface area contributed by atoms with Crippen molar-refractivity contribution in [1.29, 1.82) is 0 Å². The van der Waals surface area contributed by atoms with Crippen molar-refractivity contribution in [2.75, 3.05) is 38.1 Å². The molecule has 0 unspecified atom stereocenters. The number of nitrogens with one attached hydrogen (secondary N) is 2. The summed E-state index contributed by atoms with van der Waals surface area (Å²) in [5.74, 6) is 3.16. The number of hydrogen-bond donors (Lipinski definition) is 2. The molecule has 0 aromatic heterocycles. The second-order valence-electron chi connectivity index (χ2n) is 6.09. The number of aliphatic imine (C=N–C) groups is 1. The first kappa shape index (κ1) is 19.8. The second kappa shape index (κ2) is 10.5. The highest BCUT2D eigenvalue weighted by Gasteiger charge is 2.21. The molecule has 1 aliphatic rings. The summed E-state index contributed by atoms with van der Waals surface area (Å²) >= 11 is 0. The van der Waals surface area contributed by atoms with Gasteiger partial charge in [0.1, 0.15) is 6.54 Å². The van der Waals surface area contributed by atoms with Crippen molar-refractivity contribution in [2.45, 2.75) is 32.8 Å². The third kappa shape index (κ3) is 6.08. The molecule has 140 valence electrons. The van der Waals surface area contributed by atoms with Crippen molar-refractivity contribution in [3.05, 3.63) is 29.8 Å². The van der Waals surface area contributed by atoms with Gasteiger partial charge >= 0.3 is 0 Å². The van der Waals surface area contributed by atoms with E-state index in [0.29, 0.717) is 11.8 Å². The molecule has 1 saturated heterocycles. The molecule has 0 saturated carbocycles. The maximum absolute atomic E-state index is 12.2. The van der Waals surface area contributed by atoms with Gasteiger partial charge in [-0.25, -0.2) is 4.99 Å². The number of ether oxygens (including phenoxy) is 1. The van der Waals surface area contributed by atoms with Gasteiger partial charge in [-0.1, -0.05) is 12.0 Å². The molecule has 1 heterocycles. The lowest BCUT2D eigenvalue weighted by atomic mass is 10.1. The third-order valence-corrected chi connectivity index (χ3v) is 4.16. The normalized spacial score (nSPS) is 15.4. The summed E-state index contributed by atoms with van der Waals surface area (Å²) in [4.78, 5) is 18.9. The van der Waals surface area contributed by atoms with Crippen LogP contribution < -0.4 is 10.6 Å². The van der Waals surface area contributed by atoms with Gasteiger partial charge in [0.15, 0.2) is 5.96 Å². The Labute approximate surface area is 156 Å².